The Labute approximate surface area is 113 Å². The quantitative estimate of drug-likeness (QED) is 0.892. The number of ether oxygens (including phenoxy) is 1. The van der Waals surface area contributed by atoms with Crippen molar-refractivity contribution in [3.63, 3.8) is 0 Å². The van der Waals surface area contributed by atoms with Crippen LogP contribution in [0.4, 0.5) is 5.82 Å². The van der Waals surface area contributed by atoms with Gasteiger partial charge < -0.3 is 10.1 Å². The highest BCUT2D eigenvalue weighted by Gasteiger charge is 2.07. The van der Waals surface area contributed by atoms with E-state index in [1.54, 1.807) is 13.3 Å². The molecule has 19 heavy (non-hydrogen) atoms. The van der Waals surface area contributed by atoms with Gasteiger partial charge in [-0.1, -0.05) is 0 Å². The van der Waals surface area contributed by atoms with E-state index in [0.29, 0.717) is 12.4 Å². The monoisotopic (exact) mass is 258 g/mol. The normalized spacial score (nSPS) is 10.5. The minimum atomic E-state index is 0.465. The molecule has 0 bridgehead atoms. The first-order valence-electron chi connectivity index (χ1n) is 6.26. The topological polar surface area (TPSA) is 59.9 Å². The summed E-state index contributed by atoms with van der Waals surface area (Å²) in [6, 6.07) is 5.83. The average molecular weight is 258 g/mol. The molecule has 0 aliphatic carbocycles. The van der Waals surface area contributed by atoms with Crippen LogP contribution in [-0.4, -0.2) is 28.6 Å². The zero-order valence-corrected chi connectivity index (χ0v) is 11.5. The summed E-state index contributed by atoms with van der Waals surface area (Å²) in [4.78, 5) is 13.3. The van der Waals surface area contributed by atoms with Gasteiger partial charge in [0.2, 0.25) is 0 Å². The highest BCUT2D eigenvalue weighted by molar-refractivity contribution is 5.56. The first-order chi connectivity index (χ1) is 9.22. The molecule has 0 saturated heterocycles. The van der Waals surface area contributed by atoms with Crippen molar-refractivity contribution < 1.29 is 4.74 Å². The molecule has 5 heteroatoms. The number of pyridine rings is 1. The Balaban J connectivity index is 2.40. The van der Waals surface area contributed by atoms with Gasteiger partial charge in [-0.25, -0.2) is 9.97 Å². The lowest BCUT2D eigenvalue weighted by atomic mass is 10.2. The van der Waals surface area contributed by atoms with Crippen molar-refractivity contribution in [2.24, 2.45) is 0 Å². The van der Waals surface area contributed by atoms with Gasteiger partial charge >= 0.3 is 0 Å². The molecule has 0 aromatic carbocycles. The Morgan fingerprint density at radius 2 is 2.11 bits per heavy atom. The molecule has 2 rings (SSSR count). The smallest absolute Gasteiger partial charge is 0.163 e. The maximum atomic E-state index is 5.14. The van der Waals surface area contributed by atoms with Gasteiger partial charge in [0.1, 0.15) is 5.82 Å². The van der Waals surface area contributed by atoms with Crippen LogP contribution in [0.1, 0.15) is 18.3 Å². The van der Waals surface area contributed by atoms with Crippen LogP contribution in [0, 0.1) is 6.92 Å². The fourth-order valence-electron chi connectivity index (χ4n) is 1.72. The van der Waals surface area contributed by atoms with E-state index in [9.17, 15) is 0 Å². The van der Waals surface area contributed by atoms with Gasteiger partial charge in [-0.3, -0.25) is 4.98 Å². The maximum Gasteiger partial charge on any atom is 0.163 e. The van der Waals surface area contributed by atoms with Crippen molar-refractivity contribution >= 4 is 5.82 Å². The highest BCUT2D eigenvalue weighted by atomic mass is 16.5. The van der Waals surface area contributed by atoms with Gasteiger partial charge in [-0.05, 0) is 26.0 Å². The number of hydrogen-bond donors (Lipinski definition) is 1. The number of aryl methyl sites for hydroxylation is 1. The second-order valence-corrected chi connectivity index (χ2v) is 4.22. The van der Waals surface area contributed by atoms with E-state index in [4.69, 9.17) is 4.74 Å². The van der Waals surface area contributed by atoms with Crippen molar-refractivity contribution in [2.45, 2.75) is 20.5 Å². The van der Waals surface area contributed by atoms with Gasteiger partial charge in [0.25, 0.3) is 0 Å². The third-order valence-corrected chi connectivity index (χ3v) is 2.60. The van der Waals surface area contributed by atoms with Gasteiger partial charge in [-0.15, -0.1) is 0 Å². The SMILES string of the molecule is CCNc1cc(COC)nc(-c2ccc(C)nc2)n1. The molecule has 5 nitrogen and oxygen atoms in total. The Morgan fingerprint density at radius 3 is 2.74 bits per heavy atom. The predicted octanol–water partition coefficient (Wildman–Crippen LogP) is 2.43. The third-order valence-electron chi connectivity index (χ3n) is 2.60. The number of methoxy groups -OCH3 is 1. The molecule has 0 aliphatic heterocycles. The summed E-state index contributed by atoms with van der Waals surface area (Å²) in [7, 11) is 1.65. The molecule has 1 N–H and O–H groups in total. The predicted molar refractivity (Wildman–Crippen MR) is 74.9 cm³/mol. The number of rotatable bonds is 5. The Morgan fingerprint density at radius 1 is 1.26 bits per heavy atom. The van der Waals surface area contributed by atoms with Crippen molar-refractivity contribution in [3.8, 4) is 11.4 Å². The molecule has 2 aromatic heterocycles. The minimum absolute atomic E-state index is 0.465. The van der Waals surface area contributed by atoms with E-state index in [1.807, 2.05) is 32.0 Å². The van der Waals surface area contributed by atoms with Crippen molar-refractivity contribution in [1.29, 1.82) is 0 Å². The van der Waals surface area contributed by atoms with Crippen LogP contribution in [0.25, 0.3) is 11.4 Å². The minimum Gasteiger partial charge on any atom is -0.378 e. The van der Waals surface area contributed by atoms with Gasteiger partial charge in [-0.2, -0.15) is 0 Å². The zero-order valence-electron chi connectivity index (χ0n) is 11.5. The molecule has 2 heterocycles. The number of nitrogens with one attached hydrogen (secondary N) is 1. The summed E-state index contributed by atoms with van der Waals surface area (Å²) in [5, 5.41) is 3.20. The van der Waals surface area contributed by atoms with Crippen LogP contribution in [0.2, 0.25) is 0 Å². The third kappa shape index (κ3) is 3.48. The van der Waals surface area contributed by atoms with E-state index in [1.165, 1.54) is 0 Å². The van der Waals surface area contributed by atoms with E-state index in [-0.39, 0.29) is 0 Å². The second-order valence-electron chi connectivity index (χ2n) is 4.22. The number of nitrogens with zero attached hydrogens (tertiary/aromatic N) is 3. The molecule has 0 amide bonds. The van der Waals surface area contributed by atoms with Crippen LogP contribution < -0.4 is 5.32 Å². The zero-order chi connectivity index (χ0) is 13.7. The summed E-state index contributed by atoms with van der Waals surface area (Å²) in [5.74, 6) is 1.47. The molecular weight excluding hydrogens is 240 g/mol. The Kier molecular flexibility index (Phi) is 4.41. The van der Waals surface area contributed by atoms with Crippen molar-refractivity contribution in [3.05, 3.63) is 35.8 Å². The summed E-state index contributed by atoms with van der Waals surface area (Å²) in [5.41, 5.74) is 2.73. The molecule has 0 aliphatic rings. The molecule has 2 aromatic rings. The number of hydrogen-bond acceptors (Lipinski definition) is 5. The summed E-state index contributed by atoms with van der Waals surface area (Å²) in [6.07, 6.45) is 1.79. The molecule has 0 radical (unpaired) electrons. The molecule has 100 valence electrons. The standard InChI is InChI=1S/C14H18N4O/c1-4-15-13-7-12(9-19-3)17-14(18-13)11-6-5-10(2)16-8-11/h5-8H,4,9H2,1-3H3,(H,15,17,18). The lowest BCUT2D eigenvalue weighted by molar-refractivity contribution is 0.181. The Bertz CT molecular complexity index is 515. The maximum absolute atomic E-state index is 5.14. The molecule has 0 atom stereocenters. The van der Waals surface area contributed by atoms with Crippen LogP contribution in [0.15, 0.2) is 24.4 Å². The van der Waals surface area contributed by atoms with Gasteiger partial charge in [0, 0.05) is 37.2 Å². The largest absolute Gasteiger partial charge is 0.378 e. The fraction of sp³-hybridized carbons (Fsp3) is 0.357. The summed E-state index contributed by atoms with van der Waals surface area (Å²) in [6.45, 7) is 5.27. The van der Waals surface area contributed by atoms with Crippen LogP contribution in [-0.2, 0) is 11.3 Å². The Hall–Kier alpha value is -2.01. The van der Waals surface area contributed by atoms with Crippen molar-refractivity contribution in [1.82, 2.24) is 15.0 Å². The molecule has 0 saturated carbocycles. The first-order valence-corrected chi connectivity index (χ1v) is 6.26. The molecular formula is C14H18N4O. The van der Waals surface area contributed by atoms with Gasteiger partial charge in [0.05, 0.1) is 12.3 Å². The van der Waals surface area contributed by atoms with Crippen molar-refractivity contribution in [2.75, 3.05) is 19.0 Å². The lowest BCUT2D eigenvalue weighted by Gasteiger charge is -2.08. The van der Waals surface area contributed by atoms with Gasteiger partial charge in [0.15, 0.2) is 5.82 Å². The fourth-order valence-corrected chi connectivity index (χ4v) is 1.72. The lowest BCUT2D eigenvalue weighted by Crippen LogP contribution is -2.04. The van der Waals surface area contributed by atoms with Crippen LogP contribution in [0.3, 0.4) is 0 Å². The van der Waals surface area contributed by atoms with E-state index in [0.717, 1.165) is 29.3 Å². The summed E-state index contributed by atoms with van der Waals surface area (Å²) < 4.78 is 5.14. The second kappa shape index (κ2) is 6.24. The van der Waals surface area contributed by atoms with Crippen LogP contribution >= 0.6 is 0 Å². The molecule has 0 unspecified atom stereocenters. The molecule has 0 spiro atoms. The van der Waals surface area contributed by atoms with E-state index >= 15 is 0 Å². The first kappa shape index (κ1) is 13.4. The highest BCUT2D eigenvalue weighted by Crippen LogP contribution is 2.17. The number of anilines is 1. The summed E-state index contributed by atoms with van der Waals surface area (Å²) >= 11 is 0. The average Bonchev–Trinajstić information content (AvgIpc) is 2.40. The molecule has 0 fully saturated rings. The van der Waals surface area contributed by atoms with E-state index in [2.05, 4.69) is 20.3 Å². The van der Waals surface area contributed by atoms with Crippen LogP contribution in [0.5, 0.6) is 0 Å². The van der Waals surface area contributed by atoms with E-state index < -0.39 is 0 Å². The number of aromatic nitrogens is 3.